The van der Waals surface area contributed by atoms with E-state index in [1.165, 1.54) is 37.9 Å². The minimum atomic E-state index is -0.136. The van der Waals surface area contributed by atoms with Crippen LogP contribution in [0.25, 0.3) is 0 Å². The van der Waals surface area contributed by atoms with Crippen LogP contribution in [0.3, 0.4) is 0 Å². The van der Waals surface area contributed by atoms with E-state index < -0.39 is 0 Å². The maximum absolute atomic E-state index is 11.6. The van der Waals surface area contributed by atoms with Crippen molar-refractivity contribution in [1.82, 2.24) is 4.90 Å². The number of carbonyl (C=O) groups excluding carboxylic acids is 1. The lowest BCUT2D eigenvalue weighted by atomic mass is 9.83. The molecule has 3 fully saturated rings. The van der Waals surface area contributed by atoms with E-state index >= 15 is 0 Å². The van der Waals surface area contributed by atoms with E-state index in [2.05, 4.69) is 41.5 Å². The van der Waals surface area contributed by atoms with Crippen molar-refractivity contribution in [2.75, 3.05) is 19.7 Å². The van der Waals surface area contributed by atoms with Gasteiger partial charge in [-0.15, -0.1) is 6.58 Å². The zero-order valence-corrected chi connectivity index (χ0v) is 15.8. The molecule has 3 aliphatic rings. The molecular formula is C23H29NO2. The van der Waals surface area contributed by atoms with Gasteiger partial charge in [0.1, 0.15) is 0 Å². The number of piperidine rings is 3. The first-order valence-electron chi connectivity index (χ1n) is 9.83. The maximum atomic E-state index is 11.6. The minimum Gasteiger partial charge on any atom is -0.466 e. The summed E-state index contributed by atoms with van der Waals surface area (Å²) in [5.41, 5.74) is 3.44. The predicted molar refractivity (Wildman–Crippen MR) is 105 cm³/mol. The lowest BCUT2D eigenvalue weighted by molar-refractivity contribution is -0.143. The Morgan fingerprint density at radius 3 is 2.85 bits per heavy atom. The highest BCUT2D eigenvalue weighted by Crippen LogP contribution is 2.31. The Hall–Kier alpha value is -2.05. The second kappa shape index (κ2) is 9.05. The van der Waals surface area contributed by atoms with Crippen molar-refractivity contribution >= 4 is 5.97 Å². The van der Waals surface area contributed by atoms with Crippen molar-refractivity contribution in [2.24, 2.45) is 5.92 Å². The molecule has 0 saturated carbocycles. The number of carbonyl (C=O) groups is 1. The Labute approximate surface area is 157 Å². The molecule has 3 nitrogen and oxygen atoms in total. The molecule has 0 aliphatic carbocycles. The fourth-order valence-electron chi connectivity index (χ4n) is 4.00. The summed E-state index contributed by atoms with van der Waals surface area (Å²) in [4.78, 5) is 14.1. The highest BCUT2D eigenvalue weighted by molar-refractivity contribution is 5.69. The summed E-state index contributed by atoms with van der Waals surface area (Å²) in [6.45, 7) is 8.56. The first-order valence-corrected chi connectivity index (χ1v) is 9.83. The van der Waals surface area contributed by atoms with Crippen molar-refractivity contribution in [3.8, 4) is 11.8 Å². The Morgan fingerprint density at radius 1 is 1.38 bits per heavy atom. The molecule has 138 valence electrons. The van der Waals surface area contributed by atoms with Crippen LogP contribution < -0.4 is 0 Å². The van der Waals surface area contributed by atoms with Gasteiger partial charge in [0.2, 0.25) is 0 Å². The Balaban J connectivity index is 1.70. The van der Waals surface area contributed by atoms with Crippen LogP contribution in [-0.4, -0.2) is 36.6 Å². The van der Waals surface area contributed by atoms with Gasteiger partial charge in [-0.25, -0.2) is 0 Å². The molecule has 3 aliphatic heterocycles. The average Bonchev–Trinajstić information content (AvgIpc) is 2.67. The highest BCUT2D eigenvalue weighted by atomic mass is 16.5. The van der Waals surface area contributed by atoms with Crippen molar-refractivity contribution in [1.29, 1.82) is 0 Å². The number of aryl methyl sites for hydroxylation is 1. The molecule has 1 aromatic rings. The van der Waals surface area contributed by atoms with Crippen molar-refractivity contribution in [3.63, 3.8) is 0 Å². The molecule has 3 heteroatoms. The molecule has 0 N–H and O–H groups in total. The summed E-state index contributed by atoms with van der Waals surface area (Å²) in [5.74, 6) is 7.69. The summed E-state index contributed by atoms with van der Waals surface area (Å²) >= 11 is 0. The SMILES string of the molecule is C=CCc1cc(CCC(=O)OCC)ccc1C#CC1CC2CCN1CC2. The van der Waals surface area contributed by atoms with Gasteiger partial charge in [0.15, 0.2) is 0 Å². The molecule has 3 saturated heterocycles. The Bertz CT molecular complexity index is 705. The van der Waals surface area contributed by atoms with E-state index in [9.17, 15) is 4.79 Å². The Kier molecular flexibility index (Phi) is 6.52. The smallest absolute Gasteiger partial charge is 0.306 e. The van der Waals surface area contributed by atoms with Crippen LogP contribution in [0.15, 0.2) is 30.9 Å². The number of nitrogens with zero attached hydrogens (tertiary/aromatic N) is 1. The number of allylic oxidation sites excluding steroid dienone is 1. The van der Waals surface area contributed by atoms with Crippen molar-refractivity contribution < 1.29 is 9.53 Å². The zero-order valence-electron chi connectivity index (χ0n) is 15.8. The molecule has 1 atom stereocenters. The topological polar surface area (TPSA) is 29.5 Å². The lowest BCUT2D eigenvalue weighted by Gasteiger charge is -2.43. The first-order chi connectivity index (χ1) is 12.7. The summed E-state index contributed by atoms with van der Waals surface area (Å²) in [6, 6.07) is 6.77. The van der Waals surface area contributed by atoms with Crippen LogP contribution in [0, 0.1) is 17.8 Å². The van der Waals surface area contributed by atoms with E-state index in [1.54, 1.807) is 0 Å². The van der Waals surface area contributed by atoms with Gasteiger partial charge in [-0.3, -0.25) is 9.69 Å². The zero-order chi connectivity index (χ0) is 18.4. The molecule has 0 spiro atoms. The fraction of sp³-hybridized carbons (Fsp3) is 0.522. The van der Waals surface area contributed by atoms with Crippen LogP contribution in [-0.2, 0) is 22.4 Å². The van der Waals surface area contributed by atoms with Crippen LogP contribution in [0.5, 0.6) is 0 Å². The number of hydrogen-bond acceptors (Lipinski definition) is 3. The third kappa shape index (κ3) is 4.77. The molecule has 1 unspecified atom stereocenters. The van der Waals surface area contributed by atoms with Gasteiger partial charge in [0, 0.05) is 12.0 Å². The van der Waals surface area contributed by atoms with Gasteiger partial charge in [0.25, 0.3) is 0 Å². The van der Waals surface area contributed by atoms with Crippen LogP contribution >= 0.6 is 0 Å². The monoisotopic (exact) mass is 351 g/mol. The van der Waals surface area contributed by atoms with Crippen LogP contribution in [0.1, 0.15) is 49.3 Å². The molecule has 1 aromatic carbocycles. The number of ether oxygens (including phenoxy) is 1. The lowest BCUT2D eigenvalue weighted by Crippen LogP contribution is -2.47. The molecule has 4 rings (SSSR count). The normalized spacial score (nSPS) is 23.8. The van der Waals surface area contributed by atoms with Gasteiger partial charge in [0.05, 0.1) is 12.6 Å². The van der Waals surface area contributed by atoms with Gasteiger partial charge >= 0.3 is 5.97 Å². The second-order valence-corrected chi connectivity index (χ2v) is 7.29. The molecule has 26 heavy (non-hydrogen) atoms. The average molecular weight is 351 g/mol. The summed E-state index contributed by atoms with van der Waals surface area (Å²) in [7, 11) is 0. The van der Waals surface area contributed by atoms with Crippen molar-refractivity contribution in [2.45, 2.75) is 51.5 Å². The van der Waals surface area contributed by atoms with Gasteiger partial charge in [-0.2, -0.15) is 0 Å². The minimum absolute atomic E-state index is 0.136. The largest absolute Gasteiger partial charge is 0.466 e. The molecule has 2 bridgehead atoms. The number of benzene rings is 1. The van der Waals surface area contributed by atoms with E-state index in [0.717, 1.165) is 23.5 Å². The maximum Gasteiger partial charge on any atom is 0.306 e. The number of rotatable bonds is 6. The summed E-state index contributed by atoms with van der Waals surface area (Å²) in [5, 5.41) is 0. The number of esters is 1. The molecule has 0 amide bonds. The first kappa shape index (κ1) is 18.7. The molecule has 0 radical (unpaired) electrons. The predicted octanol–water partition coefficient (Wildman–Crippen LogP) is 3.75. The van der Waals surface area contributed by atoms with Crippen LogP contribution in [0.2, 0.25) is 0 Å². The van der Waals surface area contributed by atoms with Gasteiger partial charge in [-0.1, -0.05) is 30.0 Å². The van der Waals surface area contributed by atoms with Crippen LogP contribution in [0.4, 0.5) is 0 Å². The number of hydrogen-bond donors (Lipinski definition) is 0. The van der Waals surface area contributed by atoms with E-state index in [-0.39, 0.29) is 5.97 Å². The Morgan fingerprint density at radius 2 is 2.19 bits per heavy atom. The fourth-order valence-corrected chi connectivity index (χ4v) is 4.00. The third-order valence-electron chi connectivity index (χ3n) is 5.48. The quantitative estimate of drug-likeness (QED) is 0.444. The van der Waals surface area contributed by atoms with Gasteiger partial charge < -0.3 is 4.74 Å². The van der Waals surface area contributed by atoms with E-state index in [4.69, 9.17) is 4.74 Å². The van der Waals surface area contributed by atoms with Gasteiger partial charge in [-0.05, 0) is 75.2 Å². The summed E-state index contributed by atoms with van der Waals surface area (Å²) < 4.78 is 5.01. The molecule has 0 aromatic heterocycles. The molecule has 3 heterocycles. The van der Waals surface area contributed by atoms with Crippen molar-refractivity contribution in [3.05, 3.63) is 47.5 Å². The van der Waals surface area contributed by atoms with E-state index in [1.807, 2.05) is 13.0 Å². The second-order valence-electron chi connectivity index (χ2n) is 7.29. The van der Waals surface area contributed by atoms with E-state index in [0.29, 0.717) is 25.5 Å². The number of fused-ring (bicyclic) bond motifs is 3. The third-order valence-corrected chi connectivity index (χ3v) is 5.48. The molecular weight excluding hydrogens is 322 g/mol. The summed E-state index contributed by atoms with van der Waals surface area (Å²) in [6.07, 6.45) is 7.75. The standard InChI is InChI=1S/C23H29NO2/c1-3-5-21-16-18(7-11-23(25)26-4-2)6-8-20(21)9-10-22-17-19-12-14-24(22)15-13-19/h3,6,8,16,19,22H,1,4-5,7,11-15,17H2,2H3. The highest BCUT2D eigenvalue weighted by Gasteiger charge is 2.32.